The van der Waals surface area contributed by atoms with Gasteiger partial charge in [0.2, 0.25) is 0 Å². The number of benzene rings is 2. The second-order valence-corrected chi connectivity index (χ2v) is 6.41. The van der Waals surface area contributed by atoms with Crippen molar-refractivity contribution in [2.45, 2.75) is 55.4 Å². The average molecular weight is 390 g/mol. The molecule has 2 aromatic rings. The summed E-state index contributed by atoms with van der Waals surface area (Å²) in [6, 6.07) is 14.8. The van der Waals surface area contributed by atoms with Crippen LogP contribution in [0.4, 0.5) is 5.69 Å². The Kier molecular flexibility index (Phi) is 12.9. The van der Waals surface area contributed by atoms with E-state index < -0.39 is 0 Å². The first-order valence-electron chi connectivity index (χ1n) is 10.5. The van der Waals surface area contributed by atoms with Crippen LogP contribution in [0.2, 0.25) is 0 Å². The number of anilines is 1. The maximum absolute atomic E-state index is 4.22. The third kappa shape index (κ3) is 8.39. The smallest absolute Gasteiger partial charge is 0.0387 e. The Hall–Kier alpha value is -2.80. The summed E-state index contributed by atoms with van der Waals surface area (Å²) in [6.45, 7) is 24.4. The van der Waals surface area contributed by atoms with Gasteiger partial charge in [0, 0.05) is 16.9 Å². The van der Waals surface area contributed by atoms with E-state index in [1.807, 2.05) is 33.8 Å². The Morgan fingerprint density at radius 2 is 1.59 bits per heavy atom. The molecule has 2 aromatic carbocycles. The van der Waals surface area contributed by atoms with Crippen molar-refractivity contribution < 1.29 is 0 Å². The zero-order chi connectivity index (χ0) is 22.4. The first kappa shape index (κ1) is 26.2. The molecule has 0 amide bonds. The van der Waals surface area contributed by atoms with Crippen molar-refractivity contribution in [3.05, 3.63) is 102 Å². The first-order valence-corrected chi connectivity index (χ1v) is 10.5. The van der Waals surface area contributed by atoms with Gasteiger partial charge >= 0.3 is 0 Å². The van der Waals surface area contributed by atoms with Gasteiger partial charge in [-0.05, 0) is 67.7 Å². The summed E-state index contributed by atoms with van der Waals surface area (Å²) in [6.07, 6.45) is 5.85. The van der Waals surface area contributed by atoms with Gasteiger partial charge in [0.1, 0.15) is 0 Å². The second-order valence-electron chi connectivity index (χ2n) is 6.41. The van der Waals surface area contributed by atoms with Crippen LogP contribution in [-0.2, 0) is 0 Å². The van der Waals surface area contributed by atoms with Crippen molar-refractivity contribution >= 4 is 17.0 Å². The van der Waals surface area contributed by atoms with Crippen LogP contribution >= 0.6 is 0 Å². The molecule has 0 saturated heterocycles. The van der Waals surface area contributed by atoms with Crippen molar-refractivity contribution in [1.82, 2.24) is 0 Å². The summed E-state index contributed by atoms with van der Waals surface area (Å²) in [5.41, 5.74) is 9.30. The van der Waals surface area contributed by atoms with E-state index in [1.165, 1.54) is 27.8 Å². The van der Waals surface area contributed by atoms with E-state index in [-0.39, 0.29) is 0 Å². The van der Waals surface area contributed by atoms with Crippen molar-refractivity contribution in [3.8, 4) is 0 Å². The third-order valence-corrected chi connectivity index (χ3v) is 4.37. The molecule has 0 aliphatic carbocycles. The molecule has 1 heteroatoms. The fraction of sp³-hybridized carbons (Fsp3) is 0.286. The van der Waals surface area contributed by atoms with Gasteiger partial charge in [0.25, 0.3) is 0 Å². The molecule has 0 unspecified atom stereocenters. The van der Waals surface area contributed by atoms with Crippen LogP contribution in [0.1, 0.15) is 63.8 Å². The largest absolute Gasteiger partial charge is 0.356 e. The summed E-state index contributed by atoms with van der Waals surface area (Å²) in [5, 5.41) is 3.41. The zero-order valence-electron chi connectivity index (χ0n) is 19.7. The van der Waals surface area contributed by atoms with Crippen LogP contribution in [-0.4, -0.2) is 0 Å². The fourth-order valence-corrected chi connectivity index (χ4v) is 2.76. The highest BCUT2D eigenvalue weighted by atomic mass is 14.9. The monoisotopic (exact) mass is 389 g/mol. The minimum Gasteiger partial charge on any atom is -0.356 e. The lowest BCUT2D eigenvalue weighted by atomic mass is 9.96. The highest BCUT2D eigenvalue weighted by molar-refractivity contribution is 5.79. The minimum absolute atomic E-state index is 0.916. The Labute approximate surface area is 179 Å². The molecule has 29 heavy (non-hydrogen) atoms. The lowest BCUT2D eigenvalue weighted by molar-refractivity contribution is 1.37. The molecule has 1 N–H and O–H groups in total. The molecule has 0 spiro atoms. The zero-order valence-corrected chi connectivity index (χ0v) is 19.7. The van der Waals surface area contributed by atoms with Gasteiger partial charge in [-0.2, -0.15) is 0 Å². The fourth-order valence-electron chi connectivity index (χ4n) is 2.76. The van der Waals surface area contributed by atoms with Crippen molar-refractivity contribution in [3.63, 3.8) is 0 Å². The molecule has 1 nitrogen and oxygen atoms in total. The van der Waals surface area contributed by atoms with Crippen LogP contribution in [0.25, 0.3) is 11.3 Å². The van der Waals surface area contributed by atoms with Gasteiger partial charge in [-0.3, -0.25) is 0 Å². The number of nitrogens with one attached hydrogen (secondary N) is 1. The van der Waals surface area contributed by atoms with Crippen LogP contribution in [0, 0.1) is 13.8 Å². The molecule has 0 radical (unpaired) electrons. The van der Waals surface area contributed by atoms with Gasteiger partial charge < -0.3 is 5.32 Å². The Balaban J connectivity index is 0.00000184. The molecule has 0 aromatic heterocycles. The average Bonchev–Trinajstić information content (AvgIpc) is 2.74. The number of aryl methyl sites for hydroxylation is 2. The first-order chi connectivity index (χ1) is 13.9. The predicted octanol–water partition coefficient (Wildman–Crippen LogP) is 8.97. The van der Waals surface area contributed by atoms with E-state index >= 15 is 0 Å². The van der Waals surface area contributed by atoms with Gasteiger partial charge in [0.15, 0.2) is 0 Å². The van der Waals surface area contributed by atoms with E-state index in [0.717, 1.165) is 16.9 Å². The molecule has 0 aliphatic heterocycles. The lowest BCUT2D eigenvalue weighted by Gasteiger charge is -2.15. The summed E-state index contributed by atoms with van der Waals surface area (Å²) < 4.78 is 0. The molecule has 0 atom stereocenters. The summed E-state index contributed by atoms with van der Waals surface area (Å²) >= 11 is 0. The third-order valence-electron chi connectivity index (χ3n) is 4.37. The highest BCUT2D eigenvalue weighted by Gasteiger charge is 2.07. The van der Waals surface area contributed by atoms with Crippen molar-refractivity contribution in [2.75, 3.05) is 5.32 Å². The van der Waals surface area contributed by atoms with Crippen molar-refractivity contribution in [1.29, 1.82) is 0 Å². The Morgan fingerprint density at radius 1 is 0.931 bits per heavy atom. The summed E-state index contributed by atoms with van der Waals surface area (Å²) in [5.74, 6) is 0. The molecular weight excluding hydrogens is 350 g/mol. The molecule has 0 saturated carbocycles. The van der Waals surface area contributed by atoms with E-state index in [1.54, 1.807) is 6.08 Å². The molecule has 0 bridgehead atoms. The standard InChI is InChI=1S/C24H27N.2C2H6/c1-7-8-11-18(3)20(5)22-13-14-24(19(4)16-22)21(6)25-23-12-9-10-17(2)15-23;2*1-2/h7-16,25H,1,6H2,2-5H3;2*1-2H3/b11-8-,20-18+;;. The SMILES string of the molecule is C=C/C=C\C(C)=C(/C)c1ccc(C(=C)Nc2cccc(C)c2)c(C)c1.CC.CC. The number of hydrogen-bond acceptors (Lipinski definition) is 1. The molecule has 156 valence electrons. The predicted molar refractivity (Wildman–Crippen MR) is 135 cm³/mol. The molecule has 0 aliphatic rings. The number of hydrogen-bond donors (Lipinski definition) is 1. The lowest BCUT2D eigenvalue weighted by Crippen LogP contribution is -2.00. The second kappa shape index (κ2) is 14.2. The molecule has 0 fully saturated rings. The van der Waals surface area contributed by atoms with Gasteiger partial charge in [-0.15, -0.1) is 0 Å². The van der Waals surface area contributed by atoms with E-state index in [9.17, 15) is 0 Å². The summed E-state index contributed by atoms with van der Waals surface area (Å²) in [7, 11) is 0. The maximum atomic E-state index is 4.22. The molecular formula is C28H39N. The van der Waals surface area contributed by atoms with Gasteiger partial charge in [0.05, 0.1) is 0 Å². The number of rotatable bonds is 6. The Morgan fingerprint density at radius 3 is 2.14 bits per heavy atom. The van der Waals surface area contributed by atoms with Gasteiger partial charge in [-0.25, -0.2) is 0 Å². The summed E-state index contributed by atoms with van der Waals surface area (Å²) in [4.78, 5) is 0. The van der Waals surface area contributed by atoms with E-state index in [4.69, 9.17) is 0 Å². The van der Waals surface area contributed by atoms with Crippen LogP contribution < -0.4 is 5.32 Å². The quantitative estimate of drug-likeness (QED) is 0.486. The van der Waals surface area contributed by atoms with Crippen molar-refractivity contribution in [2.24, 2.45) is 0 Å². The Bertz CT molecular complexity index is 850. The van der Waals surface area contributed by atoms with Crippen LogP contribution in [0.5, 0.6) is 0 Å². The molecule has 0 heterocycles. The normalized spacial score (nSPS) is 10.8. The molecule has 2 rings (SSSR count). The maximum Gasteiger partial charge on any atom is 0.0387 e. The highest BCUT2D eigenvalue weighted by Crippen LogP contribution is 2.26. The van der Waals surface area contributed by atoms with Crippen LogP contribution in [0.3, 0.4) is 0 Å². The van der Waals surface area contributed by atoms with E-state index in [2.05, 4.69) is 94.7 Å². The number of allylic oxidation sites excluding steroid dienone is 5. The minimum atomic E-state index is 0.916. The van der Waals surface area contributed by atoms with E-state index in [0.29, 0.717) is 0 Å². The topological polar surface area (TPSA) is 12.0 Å². The van der Waals surface area contributed by atoms with Gasteiger partial charge in [-0.1, -0.05) is 89.4 Å². The van der Waals surface area contributed by atoms with Crippen LogP contribution in [0.15, 0.2) is 79.4 Å².